The molecule has 1 saturated heterocycles. The summed E-state index contributed by atoms with van der Waals surface area (Å²) >= 11 is 0. The van der Waals surface area contributed by atoms with Crippen molar-refractivity contribution in [1.82, 2.24) is 4.90 Å². The number of carbonyl (C=O) groups is 3. The Morgan fingerprint density at radius 2 is 1.77 bits per heavy atom. The SMILES string of the molecule is CC1C(=O)N(C)C(=O)C1C(=O)Nc1ccccc1C(F)(F)F. The molecule has 0 aromatic heterocycles. The van der Waals surface area contributed by atoms with Gasteiger partial charge in [0.15, 0.2) is 0 Å². The first-order valence-electron chi connectivity index (χ1n) is 6.43. The number of halogens is 3. The van der Waals surface area contributed by atoms with E-state index < -0.39 is 47.0 Å². The van der Waals surface area contributed by atoms with Crippen molar-refractivity contribution in [3.05, 3.63) is 29.8 Å². The van der Waals surface area contributed by atoms with Gasteiger partial charge in [0.05, 0.1) is 17.2 Å². The van der Waals surface area contributed by atoms with Crippen LogP contribution in [0.4, 0.5) is 18.9 Å². The van der Waals surface area contributed by atoms with E-state index in [1.165, 1.54) is 26.1 Å². The van der Waals surface area contributed by atoms with Crippen LogP contribution >= 0.6 is 0 Å². The van der Waals surface area contributed by atoms with Crippen molar-refractivity contribution in [2.24, 2.45) is 11.8 Å². The van der Waals surface area contributed by atoms with E-state index in [9.17, 15) is 27.6 Å². The number of amides is 3. The molecular weight excluding hydrogens is 301 g/mol. The lowest BCUT2D eigenvalue weighted by molar-refractivity contribution is -0.139. The van der Waals surface area contributed by atoms with E-state index in [0.29, 0.717) is 0 Å². The first-order valence-corrected chi connectivity index (χ1v) is 6.43. The third-order valence-electron chi connectivity index (χ3n) is 3.59. The first kappa shape index (κ1) is 16.0. The Morgan fingerprint density at radius 1 is 1.18 bits per heavy atom. The molecule has 22 heavy (non-hydrogen) atoms. The summed E-state index contributed by atoms with van der Waals surface area (Å²) in [4.78, 5) is 36.5. The van der Waals surface area contributed by atoms with E-state index >= 15 is 0 Å². The van der Waals surface area contributed by atoms with Crippen molar-refractivity contribution in [2.75, 3.05) is 12.4 Å². The third-order valence-corrected chi connectivity index (χ3v) is 3.59. The number of benzene rings is 1. The van der Waals surface area contributed by atoms with E-state index in [1.807, 2.05) is 0 Å². The highest BCUT2D eigenvalue weighted by molar-refractivity contribution is 6.17. The summed E-state index contributed by atoms with van der Waals surface area (Å²) < 4.78 is 38.6. The molecule has 2 rings (SSSR count). The number of anilines is 1. The van der Waals surface area contributed by atoms with Crippen LogP contribution in [0.1, 0.15) is 12.5 Å². The standard InChI is InChI=1S/C14H13F3N2O3/c1-7-10(13(22)19(2)12(7)21)11(20)18-9-6-4-3-5-8(9)14(15,16)17/h3-7,10H,1-2H3,(H,18,20). The van der Waals surface area contributed by atoms with Crippen molar-refractivity contribution in [2.45, 2.75) is 13.1 Å². The number of hydrogen-bond donors (Lipinski definition) is 1. The second-order valence-corrected chi connectivity index (χ2v) is 5.03. The monoisotopic (exact) mass is 314 g/mol. The second kappa shape index (κ2) is 5.43. The number of hydrogen-bond acceptors (Lipinski definition) is 3. The van der Waals surface area contributed by atoms with Gasteiger partial charge in [0.2, 0.25) is 17.7 Å². The molecule has 0 bridgehead atoms. The topological polar surface area (TPSA) is 66.5 Å². The molecule has 0 spiro atoms. The minimum absolute atomic E-state index is 0.443. The Bertz CT molecular complexity index is 642. The molecule has 0 radical (unpaired) electrons. The quantitative estimate of drug-likeness (QED) is 0.670. The van der Waals surface area contributed by atoms with Gasteiger partial charge in [-0.25, -0.2) is 0 Å². The molecule has 1 heterocycles. The van der Waals surface area contributed by atoms with Crippen LogP contribution in [0.2, 0.25) is 0 Å². The molecule has 5 nitrogen and oxygen atoms in total. The average molecular weight is 314 g/mol. The van der Waals surface area contributed by atoms with E-state index in [4.69, 9.17) is 0 Å². The Kier molecular flexibility index (Phi) is 3.95. The van der Waals surface area contributed by atoms with E-state index in [1.54, 1.807) is 0 Å². The van der Waals surface area contributed by atoms with Crippen LogP contribution in [0, 0.1) is 11.8 Å². The number of likely N-dealkylation sites (tertiary alicyclic amines) is 1. The number of para-hydroxylation sites is 1. The van der Waals surface area contributed by atoms with E-state index in [-0.39, 0.29) is 0 Å². The summed E-state index contributed by atoms with van der Waals surface area (Å²) in [6, 6.07) is 4.45. The number of nitrogens with one attached hydrogen (secondary N) is 1. The molecule has 1 fully saturated rings. The first-order chi connectivity index (χ1) is 10.1. The van der Waals surface area contributed by atoms with Gasteiger partial charge in [0, 0.05) is 7.05 Å². The molecule has 0 saturated carbocycles. The van der Waals surface area contributed by atoms with Gasteiger partial charge in [0.1, 0.15) is 5.92 Å². The summed E-state index contributed by atoms with van der Waals surface area (Å²) in [5.74, 6) is -4.41. The van der Waals surface area contributed by atoms with Gasteiger partial charge >= 0.3 is 6.18 Å². The Hall–Kier alpha value is -2.38. The number of rotatable bonds is 2. The summed E-state index contributed by atoms with van der Waals surface area (Å²) in [6.45, 7) is 1.39. The van der Waals surface area contributed by atoms with Crippen molar-refractivity contribution >= 4 is 23.4 Å². The number of imide groups is 1. The van der Waals surface area contributed by atoms with Crippen LogP contribution in [0.25, 0.3) is 0 Å². The third kappa shape index (κ3) is 2.68. The predicted molar refractivity (Wildman–Crippen MR) is 70.5 cm³/mol. The molecular formula is C14H13F3N2O3. The summed E-state index contributed by atoms with van der Waals surface area (Å²) in [5.41, 5.74) is -1.46. The average Bonchev–Trinajstić information content (AvgIpc) is 2.62. The zero-order valence-corrected chi connectivity index (χ0v) is 11.8. The smallest absolute Gasteiger partial charge is 0.325 e. The van der Waals surface area contributed by atoms with Gasteiger partial charge < -0.3 is 5.32 Å². The van der Waals surface area contributed by atoms with Gasteiger partial charge in [0.25, 0.3) is 0 Å². The molecule has 8 heteroatoms. The highest BCUT2D eigenvalue weighted by Crippen LogP contribution is 2.35. The minimum Gasteiger partial charge on any atom is -0.325 e. The fraction of sp³-hybridized carbons (Fsp3) is 0.357. The van der Waals surface area contributed by atoms with E-state index in [0.717, 1.165) is 17.0 Å². The van der Waals surface area contributed by atoms with Gasteiger partial charge in [-0.2, -0.15) is 13.2 Å². The summed E-state index contributed by atoms with van der Waals surface area (Å²) in [7, 11) is 1.23. The fourth-order valence-electron chi connectivity index (χ4n) is 2.37. The fourth-order valence-corrected chi connectivity index (χ4v) is 2.37. The molecule has 1 N–H and O–H groups in total. The molecule has 118 valence electrons. The van der Waals surface area contributed by atoms with Crippen LogP contribution in [0.5, 0.6) is 0 Å². The lowest BCUT2D eigenvalue weighted by atomic mass is 9.96. The highest BCUT2D eigenvalue weighted by atomic mass is 19.4. The minimum atomic E-state index is -4.64. The van der Waals surface area contributed by atoms with Crippen LogP contribution in [-0.2, 0) is 20.6 Å². The molecule has 1 aliphatic heterocycles. The summed E-state index contributed by atoms with van der Waals surface area (Å²) in [5, 5.41) is 2.10. The lowest BCUT2D eigenvalue weighted by Crippen LogP contribution is -2.33. The zero-order chi connectivity index (χ0) is 16.7. The number of carbonyl (C=O) groups excluding carboxylic acids is 3. The summed E-state index contributed by atoms with van der Waals surface area (Å²) in [6.07, 6.45) is -4.64. The second-order valence-electron chi connectivity index (χ2n) is 5.03. The van der Waals surface area contributed by atoms with Gasteiger partial charge in [-0.3, -0.25) is 19.3 Å². The van der Waals surface area contributed by atoms with Crippen molar-refractivity contribution in [1.29, 1.82) is 0 Å². The van der Waals surface area contributed by atoms with E-state index in [2.05, 4.69) is 5.32 Å². The maximum atomic E-state index is 12.9. The van der Waals surface area contributed by atoms with Crippen molar-refractivity contribution in [3.8, 4) is 0 Å². The Balaban J connectivity index is 2.28. The molecule has 1 aromatic rings. The van der Waals surface area contributed by atoms with Crippen LogP contribution < -0.4 is 5.32 Å². The number of nitrogens with zero attached hydrogens (tertiary/aromatic N) is 1. The number of alkyl halides is 3. The molecule has 2 atom stereocenters. The normalized spacial score (nSPS) is 22.1. The lowest BCUT2D eigenvalue weighted by Gasteiger charge is -2.16. The molecule has 1 aromatic carbocycles. The molecule has 3 amide bonds. The highest BCUT2D eigenvalue weighted by Gasteiger charge is 2.47. The van der Waals surface area contributed by atoms with Gasteiger partial charge in [-0.1, -0.05) is 19.1 Å². The maximum Gasteiger partial charge on any atom is 0.418 e. The molecule has 1 aliphatic rings. The molecule has 0 aliphatic carbocycles. The van der Waals surface area contributed by atoms with Gasteiger partial charge in [-0.15, -0.1) is 0 Å². The van der Waals surface area contributed by atoms with Crippen molar-refractivity contribution < 1.29 is 27.6 Å². The Labute approximate surface area is 124 Å². The van der Waals surface area contributed by atoms with Crippen LogP contribution in [0.15, 0.2) is 24.3 Å². The van der Waals surface area contributed by atoms with Crippen LogP contribution in [0.3, 0.4) is 0 Å². The Morgan fingerprint density at radius 3 is 2.27 bits per heavy atom. The maximum absolute atomic E-state index is 12.9. The zero-order valence-electron chi connectivity index (χ0n) is 11.8. The predicted octanol–water partition coefficient (Wildman–Crippen LogP) is 1.89. The van der Waals surface area contributed by atoms with Crippen LogP contribution in [-0.4, -0.2) is 29.7 Å². The van der Waals surface area contributed by atoms with Crippen molar-refractivity contribution in [3.63, 3.8) is 0 Å². The van der Waals surface area contributed by atoms with Gasteiger partial charge in [-0.05, 0) is 12.1 Å². The largest absolute Gasteiger partial charge is 0.418 e. The molecule has 2 unspecified atom stereocenters.